The zero-order chi connectivity index (χ0) is 36.4. The van der Waals surface area contributed by atoms with E-state index in [2.05, 4.69) is 9.97 Å². The molecule has 0 radical (unpaired) electrons. The number of aliphatic carboxylic acids is 1. The number of hydrogen-bond acceptors (Lipinski definition) is 12. The maximum Gasteiger partial charge on any atom is 0.355 e. The maximum atomic E-state index is 14.0. The number of aromatic hydroxyl groups is 2. The van der Waals surface area contributed by atoms with Gasteiger partial charge in [0.25, 0.3) is 5.91 Å². The summed E-state index contributed by atoms with van der Waals surface area (Å²) in [7, 11) is 0. The van der Waals surface area contributed by atoms with Crippen LogP contribution in [0.1, 0.15) is 40.3 Å². The average molecular weight is 704 g/mol. The quantitative estimate of drug-likeness (QED) is 0.0787. The number of carboxylic acid groups (broad SMARTS) is 1. The molecule has 7 atom stereocenters. The molecule has 1 fully saturated rings. The molecule has 2 aliphatic rings. The third-order valence-electron chi connectivity index (χ3n) is 9.15. The monoisotopic (exact) mass is 703 g/mol. The van der Waals surface area contributed by atoms with Crippen molar-refractivity contribution in [3.8, 4) is 17.2 Å². The van der Waals surface area contributed by atoms with E-state index in [1.807, 2.05) is 30.3 Å². The number of carboxylic acids is 1. The van der Waals surface area contributed by atoms with Crippen molar-refractivity contribution in [2.75, 3.05) is 11.5 Å². The van der Waals surface area contributed by atoms with Crippen LogP contribution in [0, 0.1) is 0 Å². The number of carbonyl (C=O) groups is 2. The SMILES string of the molecule is O=C(O)C1C(CCc2ccccc2)c2cc(O)c(OC3(O)OC(CO)C(O)C(O)C3O)cc2N1C(=O)C=Cc1ccc(O)c(Cc2cnc[nH]2)c1. The van der Waals surface area contributed by atoms with Crippen LogP contribution in [0.2, 0.25) is 0 Å². The summed E-state index contributed by atoms with van der Waals surface area (Å²) in [4.78, 5) is 34.9. The molecule has 1 aromatic heterocycles. The van der Waals surface area contributed by atoms with Crippen LogP contribution in [0.25, 0.3) is 6.08 Å². The summed E-state index contributed by atoms with van der Waals surface area (Å²) in [5.74, 6) is -7.14. The maximum absolute atomic E-state index is 14.0. The highest BCUT2D eigenvalue weighted by Crippen LogP contribution is 2.49. The zero-order valence-electron chi connectivity index (χ0n) is 27.0. The van der Waals surface area contributed by atoms with E-state index in [0.717, 1.165) is 22.2 Å². The standard InChI is InChI=1S/C36H37N3O12/c40-17-29-32(44)33(45)34(46)36(49,51-29)50-28-15-25-24(14-27(28)42)23(9-6-19-4-2-1-3-5-19)31(35(47)48)39(25)30(43)11-8-20-7-10-26(41)21(12-20)13-22-16-37-18-38-22/h1-5,7-8,10-12,14-16,18,23,29,31-34,40-42,44-46,49H,6,9,13,17H2,(H,37,38)(H,47,48). The van der Waals surface area contributed by atoms with Crippen molar-refractivity contribution in [2.45, 2.75) is 61.6 Å². The van der Waals surface area contributed by atoms with E-state index < -0.39 is 72.3 Å². The minimum absolute atomic E-state index is 0.0155. The third-order valence-corrected chi connectivity index (χ3v) is 9.15. The van der Waals surface area contributed by atoms with Crippen LogP contribution in [0.15, 0.2) is 79.3 Å². The minimum atomic E-state index is -3.09. The van der Waals surface area contributed by atoms with Crippen LogP contribution in [-0.2, 0) is 27.2 Å². The first-order chi connectivity index (χ1) is 24.4. The van der Waals surface area contributed by atoms with Crippen molar-refractivity contribution < 1.29 is 59.9 Å². The van der Waals surface area contributed by atoms with Crippen molar-refractivity contribution in [3.63, 3.8) is 0 Å². The second-order valence-corrected chi connectivity index (χ2v) is 12.5. The van der Waals surface area contributed by atoms with Gasteiger partial charge in [-0.2, -0.15) is 0 Å². The minimum Gasteiger partial charge on any atom is -0.508 e. The van der Waals surface area contributed by atoms with Crippen LogP contribution in [0.5, 0.6) is 17.2 Å². The summed E-state index contributed by atoms with van der Waals surface area (Å²) in [6.45, 7) is -0.878. The number of ether oxygens (including phenoxy) is 2. The number of amides is 1. The van der Waals surface area contributed by atoms with E-state index in [0.29, 0.717) is 24.0 Å². The number of aliphatic hydroxyl groups excluding tert-OH is 4. The molecule has 0 spiro atoms. The number of nitrogens with one attached hydrogen (secondary N) is 1. The van der Waals surface area contributed by atoms with Crippen LogP contribution in [0.3, 0.4) is 0 Å². The molecular weight excluding hydrogens is 666 g/mol. The average Bonchev–Trinajstić information content (AvgIpc) is 3.74. The molecule has 4 aromatic rings. The number of carbonyl (C=O) groups excluding carboxylic acids is 1. The van der Waals surface area contributed by atoms with E-state index in [-0.39, 0.29) is 23.4 Å². The van der Waals surface area contributed by atoms with E-state index in [1.54, 1.807) is 18.3 Å². The van der Waals surface area contributed by atoms with Gasteiger partial charge >= 0.3 is 11.9 Å². The number of H-pyrrole nitrogens is 1. The summed E-state index contributed by atoms with van der Waals surface area (Å²) in [6.07, 6.45) is -0.921. The van der Waals surface area contributed by atoms with Gasteiger partial charge in [-0.1, -0.05) is 36.4 Å². The van der Waals surface area contributed by atoms with Crippen LogP contribution < -0.4 is 9.64 Å². The summed E-state index contributed by atoms with van der Waals surface area (Å²) in [6, 6.07) is 14.9. The van der Waals surface area contributed by atoms with Gasteiger partial charge in [-0.05, 0) is 53.8 Å². The van der Waals surface area contributed by atoms with Gasteiger partial charge in [0.05, 0.1) is 18.6 Å². The first kappa shape index (κ1) is 35.5. The number of rotatable bonds is 11. The van der Waals surface area contributed by atoms with Gasteiger partial charge in [0, 0.05) is 41.9 Å². The normalized spacial score (nSPS) is 25.9. The van der Waals surface area contributed by atoms with Gasteiger partial charge in [-0.25, -0.2) is 9.78 Å². The Morgan fingerprint density at radius 2 is 1.78 bits per heavy atom. The van der Waals surface area contributed by atoms with E-state index in [4.69, 9.17) is 9.47 Å². The number of phenolic OH excluding ortho intramolecular Hbond substituents is 2. The smallest absolute Gasteiger partial charge is 0.355 e. The van der Waals surface area contributed by atoms with Crippen molar-refractivity contribution in [1.82, 2.24) is 9.97 Å². The number of aromatic amines is 1. The Kier molecular flexibility index (Phi) is 10.1. The number of imidazole rings is 1. The third kappa shape index (κ3) is 7.16. The summed E-state index contributed by atoms with van der Waals surface area (Å²) < 4.78 is 10.6. The molecule has 9 N–H and O–H groups in total. The fourth-order valence-corrected chi connectivity index (χ4v) is 6.53. The molecule has 15 heteroatoms. The highest BCUT2D eigenvalue weighted by atomic mass is 16.8. The summed E-state index contributed by atoms with van der Waals surface area (Å²) >= 11 is 0. The Bertz CT molecular complexity index is 1900. The Morgan fingerprint density at radius 3 is 2.47 bits per heavy atom. The number of fused-ring (bicyclic) bond motifs is 1. The molecule has 268 valence electrons. The lowest BCUT2D eigenvalue weighted by atomic mass is 9.88. The number of aryl methyl sites for hydroxylation is 1. The van der Waals surface area contributed by atoms with Gasteiger partial charge in [0.1, 0.15) is 30.1 Å². The Labute approximate surface area is 290 Å². The lowest BCUT2D eigenvalue weighted by Crippen LogP contribution is -2.67. The first-order valence-electron chi connectivity index (χ1n) is 16.1. The number of anilines is 1. The molecule has 1 saturated heterocycles. The molecule has 3 aromatic carbocycles. The van der Waals surface area contributed by atoms with Gasteiger partial charge in [-0.15, -0.1) is 0 Å². The number of hydrogen-bond donors (Lipinski definition) is 9. The topological polar surface area (TPSA) is 246 Å². The van der Waals surface area contributed by atoms with Crippen molar-refractivity contribution in [3.05, 3.63) is 107 Å². The Morgan fingerprint density at radius 1 is 1.02 bits per heavy atom. The molecular formula is C36H37N3O12. The molecule has 0 bridgehead atoms. The molecule has 3 heterocycles. The molecule has 0 aliphatic carbocycles. The van der Waals surface area contributed by atoms with E-state index in [9.17, 15) is 50.4 Å². The number of nitrogens with zero attached hydrogens (tertiary/aromatic N) is 2. The fraction of sp³-hybridized carbons (Fsp3) is 0.306. The van der Waals surface area contributed by atoms with Crippen LogP contribution in [-0.4, -0.2) is 106 Å². The summed E-state index contributed by atoms with van der Waals surface area (Å²) in [5.41, 5.74) is 3.05. The van der Waals surface area contributed by atoms with Crippen LogP contribution >= 0.6 is 0 Å². The number of benzene rings is 3. The molecule has 51 heavy (non-hydrogen) atoms. The number of aliphatic hydroxyl groups is 5. The number of aromatic nitrogens is 2. The molecule has 2 aliphatic heterocycles. The van der Waals surface area contributed by atoms with Gasteiger partial charge in [0.2, 0.25) is 0 Å². The Balaban J connectivity index is 1.36. The highest BCUT2D eigenvalue weighted by molar-refractivity contribution is 6.09. The largest absolute Gasteiger partial charge is 0.508 e. The molecule has 6 rings (SSSR count). The molecule has 15 nitrogen and oxygen atoms in total. The second kappa shape index (κ2) is 14.5. The van der Waals surface area contributed by atoms with Gasteiger partial charge in [0.15, 0.2) is 17.6 Å². The predicted octanol–water partition coefficient (Wildman–Crippen LogP) is 1.14. The van der Waals surface area contributed by atoms with Crippen molar-refractivity contribution in [1.29, 1.82) is 0 Å². The zero-order valence-corrected chi connectivity index (χ0v) is 27.0. The van der Waals surface area contributed by atoms with E-state index in [1.165, 1.54) is 30.6 Å². The van der Waals surface area contributed by atoms with Crippen molar-refractivity contribution in [2.24, 2.45) is 0 Å². The highest BCUT2D eigenvalue weighted by Gasteiger charge is 2.56. The number of phenols is 2. The Hall–Kier alpha value is -5.29. The lowest BCUT2D eigenvalue weighted by molar-refractivity contribution is -0.422. The van der Waals surface area contributed by atoms with Gasteiger partial charge < -0.3 is 55.3 Å². The van der Waals surface area contributed by atoms with Crippen LogP contribution in [0.4, 0.5) is 5.69 Å². The van der Waals surface area contributed by atoms with Crippen molar-refractivity contribution >= 4 is 23.6 Å². The lowest BCUT2D eigenvalue weighted by Gasteiger charge is -2.44. The molecule has 1 amide bonds. The molecule has 0 saturated carbocycles. The van der Waals surface area contributed by atoms with E-state index >= 15 is 0 Å². The van der Waals surface area contributed by atoms with Gasteiger partial charge in [-0.3, -0.25) is 9.69 Å². The molecule has 7 unspecified atom stereocenters. The fourth-order valence-electron chi connectivity index (χ4n) is 6.53. The second-order valence-electron chi connectivity index (χ2n) is 12.5. The first-order valence-corrected chi connectivity index (χ1v) is 16.1. The predicted molar refractivity (Wildman–Crippen MR) is 179 cm³/mol. The summed E-state index contributed by atoms with van der Waals surface area (Å²) in [5, 5.41) is 83.6.